The zero-order valence-electron chi connectivity index (χ0n) is 10.7. The first kappa shape index (κ1) is 15.2. The summed E-state index contributed by atoms with van der Waals surface area (Å²) in [5, 5.41) is 3.92. The molecule has 104 valence electrons. The Morgan fingerprint density at radius 1 is 1.30 bits per heavy atom. The molecule has 1 aromatic heterocycles. The molecule has 1 heterocycles. The van der Waals surface area contributed by atoms with E-state index in [1.165, 1.54) is 11.8 Å². The van der Waals surface area contributed by atoms with Crippen molar-refractivity contribution in [3.8, 4) is 0 Å². The van der Waals surface area contributed by atoms with Crippen LogP contribution in [0, 0.1) is 6.92 Å². The van der Waals surface area contributed by atoms with E-state index in [4.69, 9.17) is 23.2 Å². The van der Waals surface area contributed by atoms with Gasteiger partial charge in [-0.15, -0.1) is 11.8 Å². The van der Waals surface area contributed by atoms with Gasteiger partial charge in [0.15, 0.2) is 0 Å². The number of amides is 1. The predicted molar refractivity (Wildman–Crippen MR) is 84.8 cm³/mol. The number of rotatable bonds is 4. The molecule has 0 unspecified atom stereocenters. The fourth-order valence-electron chi connectivity index (χ4n) is 1.51. The van der Waals surface area contributed by atoms with Crippen molar-refractivity contribution in [2.45, 2.75) is 11.8 Å². The number of halogens is 2. The Kier molecular flexibility index (Phi) is 5.29. The Labute approximate surface area is 131 Å². The van der Waals surface area contributed by atoms with E-state index in [-0.39, 0.29) is 11.7 Å². The summed E-state index contributed by atoms with van der Waals surface area (Å²) in [5.74, 6) is 0.660. The van der Waals surface area contributed by atoms with Crippen LogP contribution in [0.1, 0.15) is 5.56 Å². The molecule has 6 heteroatoms. The molecule has 0 atom stereocenters. The summed E-state index contributed by atoms with van der Waals surface area (Å²) in [6.45, 7) is 1.94. The Balaban J connectivity index is 1.94. The van der Waals surface area contributed by atoms with E-state index in [1.54, 1.807) is 24.4 Å². The van der Waals surface area contributed by atoms with E-state index in [0.717, 1.165) is 10.5 Å². The summed E-state index contributed by atoms with van der Waals surface area (Å²) < 4.78 is 0. The van der Waals surface area contributed by atoms with Gasteiger partial charge in [0.2, 0.25) is 5.91 Å². The molecular weight excluding hydrogens is 315 g/mol. The summed E-state index contributed by atoms with van der Waals surface area (Å²) in [4.78, 5) is 16.7. The quantitative estimate of drug-likeness (QED) is 0.845. The van der Waals surface area contributed by atoms with Crippen LogP contribution in [0.4, 0.5) is 5.82 Å². The van der Waals surface area contributed by atoms with Gasteiger partial charge in [-0.2, -0.15) is 0 Å². The minimum atomic E-state index is -0.135. The van der Waals surface area contributed by atoms with Crippen LogP contribution in [0.5, 0.6) is 0 Å². The molecule has 0 fully saturated rings. The van der Waals surface area contributed by atoms with Crippen molar-refractivity contribution in [1.29, 1.82) is 0 Å². The van der Waals surface area contributed by atoms with Crippen LogP contribution in [0.3, 0.4) is 0 Å². The van der Waals surface area contributed by atoms with Crippen LogP contribution in [0.25, 0.3) is 0 Å². The molecule has 3 nitrogen and oxygen atoms in total. The molecule has 0 saturated carbocycles. The minimum absolute atomic E-state index is 0.135. The van der Waals surface area contributed by atoms with E-state index in [0.29, 0.717) is 15.9 Å². The highest BCUT2D eigenvalue weighted by molar-refractivity contribution is 8.00. The van der Waals surface area contributed by atoms with Crippen molar-refractivity contribution >= 4 is 46.7 Å². The Morgan fingerprint density at radius 3 is 2.85 bits per heavy atom. The molecule has 1 aromatic carbocycles. The second kappa shape index (κ2) is 6.97. The number of thioether (sulfide) groups is 1. The Hall–Kier alpha value is -1.23. The first-order chi connectivity index (χ1) is 9.54. The van der Waals surface area contributed by atoms with Gasteiger partial charge in [0.05, 0.1) is 10.8 Å². The number of pyridine rings is 1. The van der Waals surface area contributed by atoms with Crippen LogP contribution in [0.15, 0.2) is 41.4 Å². The molecule has 1 amide bonds. The lowest BCUT2D eigenvalue weighted by atomic mass is 10.3. The summed E-state index contributed by atoms with van der Waals surface area (Å²) in [6, 6.07) is 8.86. The van der Waals surface area contributed by atoms with E-state index < -0.39 is 0 Å². The number of aromatic nitrogens is 1. The van der Waals surface area contributed by atoms with E-state index in [9.17, 15) is 4.79 Å². The number of carbonyl (C=O) groups excluding carboxylic acids is 1. The van der Waals surface area contributed by atoms with Crippen molar-refractivity contribution in [3.63, 3.8) is 0 Å². The summed E-state index contributed by atoms with van der Waals surface area (Å²) in [6.07, 6.45) is 1.66. The highest BCUT2D eigenvalue weighted by Gasteiger charge is 2.07. The third kappa shape index (κ3) is 4.40. The number of carbonyl (C=O) groups is 1. The first-order valence-electron chi connectivity index (χ1n) is 5.85. The second-order valence-corrected chi connectivity index (χ2v) is 5.99. The molecule has 0 aliphatic carbocycles. The van der Waals surface area contributed by atoms with Crippen molar-refractivity contribution in [3.05, 3.63) is 52.1 Å². The van der Waals surface area contributed by atoms with Crippen molar-refractivity contribution in [1.82, 2.24) is 4.98 Å². The minimum Gasteiger partial charge on any atom is -0.310 e. The number of nitrogens with zero attached hydrogens (tertiary/aromatic N) is 1. The van der Waals surface area contributed by atoms with Crippen LogP contribution in [-0.4, -0.2) is 16.6 Å². The van der Waals surface area contributed by atoms with Crippen LogP contribution in [0.2, 0.25) is 10.0 Å². The average molecular weight is 327 g/mol. The highest BCUT2D eigenvalue weighted by Crippen LogP contribution is 2.29. The van der Waals surface area contributed by atoms with Gasteiger partial charge in [-0.25, -0.2) is 4.98 Å². The lowest BCUT2D eigenvalue weighted by Crippen LogP contribution is -2.15. The lowest BCUT2D eigenvalue weighted by molar-refractivity contribution is -0.113. The maximum Gasteiger partial charge on any atom is 0.235 e. The third-order valence-corrected chi connectivity index (χ3v) is 4.17. The number of nitrogens with one attached hydrogen (secondary N) is 1. The number of hydrogen-bond acceptors (Lipinski definition) is 3. The molecule has 1 N–H and O–H groups in total. The van der Waals surface area contributed by atoms with E-state index >= 15 is 0 Å². The monoisotopic (exact) mass is 326 g/mol. The number of aryl methyl sites for hydroxylation is 1. The van der Waals surface area contributed by atoms with Crippen LogP contribution >= 0.6 is 35.0 Å². The molecule has 20 heavy (non-hydrogen) atoms. The lowest BCUT2D eigenvalue weighted by Gasteiger charge is -2.06. The number of hydrogen-bond donors (Lipinski definition) is 1. The van der Waals surface area contributed by atoms with E-state index in [1.807, 2.05) is 19.1 Å². The fourth-order valence-corrected chi connectivity index (χ4v) is 2.81. The third-order valence-electron chi connectivity index (χ3n) is 2.43. The topological polar surface area (TPSA) is 42.0 Å². The van der Waals surface area contributed by atoms with Crippen LogP contribution < -0.4 is 5.32 Å². The van der Waals surface area contributed by atoms with Gasteiger partial charge in [-0.3, -0.25) is 4.79 Å². The number of anilines is 1. The molecule has 0 spiro atoms. The molecular formula is C14H12Cl2N2OS. The second-order valence-electron chi connectivity index (χ2n) is 4.13. The van der Waals surface area contributed by atoms with Gasteiger partial charge in [0.1, 0.15) is 5.82 Å². The highest BCUT2D eigenvalue weighted by atomic mass is 35.5. The zero-order valence-corrected chi connectivity index (χ0v) is 13.0. The van der Waals surface area contributed by atoms with Gasteiger partial charge < -0.3 is 5.32 Å². The van der Waals surface area contributed by atoms with Crippen molar-refractivity contribution in [2.24, 2.45) is 0 Å². The molecule has 0 radical (unpaired) electrons. The largest absolute Gasteiger partial charge is 0.310 e. The summed E-state index contributed by atoms with van der Waals surface area (Å²) in [7, 11) is 0. The fraction of sp³-hybridized carbons (Fsp3) is 0.143. The maximum atomic E-state index is 11.8. The molecule has 0 aliphatic rings. The smallest absolute Gasteiger partial charge is 0.235 e. The molecule has 2 aromatic rings. The van der Waals surface area contributed by atoms with Gasteiger partial charge in [0.25, 0.3) is 0 Å². The average Bonchev–Trinajstić information content (AvgIpc) is 2.40. The molecule has 0 bridgehead atoms. The van der Waals surface area contributed by atoms with Gasteiger partial charge >= 0.3 is 0 Å². The molecule has 2 rings (SSSR count). The van der Waals surface area contributed by atoms with Gasteiger partial charge in [-0.05, 0) is 42.8 Å². The first-order valence-corrected chi connectivity index (χ1v) is 7.59. The summed E-state index contributed by atoms with van der Waals surface area (Å²) in [5.41, 5.74) is 1.04. The standard InChI is InChI=1S/C14H12Cl2N2OS/c1-9-4-5-17-13(6-9)18-14(19)8-20-12-7-10(15)2-3-11(12)16/h2-7H,8H2,1H3,(H,17,18,19). The van der Waals surface area contributed by atoms with Crippen molar-refractivity contribution < 1.29 is 4.79 Å². The van der Waals surface area contributed by atoms with Crippen LogP contribution in [-0.2, 0) is 4.79 Å². The Bertz CT molecular complexity index is 634. The van der Waals surface area contributed by atoms with E-state index in [2.05, 4.69) is 10.3 Å². The number of benzene rings is 1. The molecule has 0 aliphatic heterocycles. The zero-order chi connectivity index (χ0) is 14.5. The molecule has 0 saturated heterocycles. The van der Waals surface area contributed by atoms with Gasteiger partial charge in [0, 0.05) is 16.1 Å². The normalized spacial score (nSPS) is 10.3. The Morgan fingerprint density at radius 2 is 2.10 bits per heavy atom. The SMILES string of the molecule is Cc1ccnc(NC(=O)CSc2cc(Cl)ccc2Cl)c1. The predicted octanol–water partition coefficient (Wildman–Crippen LogP) is 4.43. The van der Waals surface area contributed by atoms with Gasteiger partial charge in [-0.1, -0.05) is 23.2 Å². The van der Waals surface area contributed by atoms with Crippen molar-refractivity contribution in [2.75, 3.05) is 11.1 Å². The maximum absolute atomic E-state index is 11.8. The summed E-state index contributed by atoms with van der Waals surface area (Å²) >= 11 is 13.3.